The van der Waals surface area contributed by atoms with Gasteiger partial charge >= 0.3 is 0 Å². The topological polar surface area (TPSA) is 62.7 Å². The van der Waals surface area contributed by atoms with Crippen molar-refractivity contribution in [2.45, 2.75) is 19.4 Å². The first-order valence-electron chi connectivity index (χ1n) is 3.88. The minimum Gasteiger partial charge on any atom is -0.324 e. The molecule has 0 radical (unpaired) electrons. The van der Waals surface area contributed by atoms with Gasteiger partial charge in [-0.25, -0.2) is 0 Å². The summed E-state index contributed by atoms with van der Waals surface area (Å²) in [6, 6.07) is 3.80. The molecule has 70 valence electrons. The van der Waals surface area contributed by atoms with E-state index in [0.29, 0.717) is 5.56 Å². The highest BCUT2D eigenvalue weighted by atomic mass is 35.5. The number of rotatable bonds is 2. The number of hydrogen-bond donors (Lipinski definition) is 1. The van der Waals surface area contributed by atoms with Crippen molar-refractivity contribution in [2.75, 3.05) is 0 Å². The van der Waals surface area contributed by atoms with E-state index in [4.69, 9.17) is 11.0 Å². The summed E-state index contributed by atoms with van der Waals surface area (Å²) in [6.07, 6.45) is 4.09. The second-order valence-corrected chi connectivity index (χ2v) is 2.63. The van der Waals surface area contributed by atoms with Crippen LogP contribution < -0.4 is 5.73 Å². The molecule has 0 amide bonds. The van der Waals surface area contributed by atoms with Gasteiger partial charge in [-0.15, -0.1) is 12.4 Å². The van der Waals surface area contributed by atoms with Crippen LogP contribution >= 0.6 is 12.4 Å². The van der Waals surface area contributed by atoms with Gasteiger partial charge in [-0.1, -0.05) is 6.92 Å². The van der Waals surface area contributed by atoms with E-state index in [9.17, 15) is 0 Å². The van der Waals surface area contributed by atoms with Crippen LogP contribution in [0.1, 0.15) is 30.5 Å². The Kier molecular flexibility index (Phi) is 5.05. The third-order valence-electron chi connectivity index (χ3n) is 1.76. The van der Waals surface area contributed by atoms with Crippen molar-refractivity contribution in [1.29, 1.82) is 5.26 Å². The van der Waals surface area contributed by atoms with Crippen LogP contribution in [0.5, 0.6) is 0 Å². The predicted molar refractivity (Wildman–Crippen MR) is 53.4 cm³/mol. The number of nitrogens with two attached hydrogens (primary N) is 1. The van der Waals surface area contributed by atoms with Gasteiger partial charge in [-0.2, -0.15) is 5.26 Å². The van der Waals surface area contributed by atoms with Crippen molar-refractivity contribution in [1.82, 2.24) is 4.98 Å². The van der Waals surface area contributed by atoms with Crippen LogP contribution in [0.3, 0.4) is 0 Å². The van der Waals surface area contributed by atoms with Gasteiger partial charge in [0.25, 0.3) is 0 Å². The number of pyridine rings is 1. The lowest BCUT2D eigenvalue weighted by Crippen LogP contribution is -2.08. The summed E-state index contributed by atoms with van der Waals surface area (Å²) in [4.78, 5) is 3.92. The maximum Gasteiger partial charge on any atom is 0.101 e. The average Bonchev–Trinajstić information content (AvgIpc) is 2.17. The van der Waals surface area contributed by atoms with Gasteiger partial charge in [0, 0.05) is 18.4 Å². The quantitative estimate of drug-likeness (QED) is 0.786. The van der Waals surface area contributed by atoms with Crippen molar-refractivity contribution in [2.24, 2.45) is 5.73 Å². The Morgan fingerprint density at radius 3 is 2.85 bits per heavy atom. The minimum absolute atomic E-state index is 0. The molecule has 1 aromatic heterocycles. The molecule has 1 unspecified atom stereocenters. The zero-order valence-electron chi connectivity index (χ0n) is 7.40. The smallest absolute Gasteiger partial charge is 0.101 e. The lowest BCUT2D eigenvalue weighted by Gasteiger charge is -2.07. The molecule has 3 nitrogen and oxygen atoms in total. The fourth-order valence-corrected chi connectivity index (χ4v) is 0.957. The summed E-state index contributed by atoms with van der Waals surface area (Å²) in [5.74, 6) is 0. The first-order valence-corrected chi connectivity index (χ1v) is 3.88. The van der Waals surface area contributed by atoms with Crippen molar-refractivity contribution < 1.29 is 0 Å². The summed E-state index contributed by atoms with van der Waals surface area (Å²) in [6.45, 7) is 2.00. The Labute approximate surface area is 84.0 Å². The lowest BCUT2D eigenvalue weighted by molar-refractivity contribution is 0.695. The first kappa shape index (κ1) is 11.9. The molecule has 2 N–H and O–H groups in total. The second kappa shape index (κ2) is 5.52. The molecule has 0 saturated heterocycles. The molecule has 0 aromatic carbocycles. The Morgan fingerprint density at radius 2 is 2.31 bits per heavy atom. The molecule has 0 aliphatic heterocycles. The zero-order valence-corrected chi connectivity index (χ0v) is 8.21. The van der Waals surface area contributed by atoms with E-state index in [2.05, 4.69) is 4.98 Å². The molecule has 13 heavy (non-hydrogen) atoms. The highest BCUT2D eigenvalue weighted by Crippen LogP contribution is 2.12. The van der Waals surface area contributed by atoms with Crippen LogP contribution in [-0.4, -0.2) is 4.98 Å². The van der Waals surface area contributed by atoms with Crippen LogP contribution in [-0.2, 0) is 0 Å². The van der Waals surface area contributed by atoms with E-state index >= 15 is 0 Å². The Hall–Kier alpha value is -1.11. The van der Waals surface area contributed by atoms with Gasteiger partial charge in [0.15, 0.2) is 0 Å². The van der Waals surface area contributed by atoms with Crippen molar-refractivity contribution in [3.63, 3.8) is 0 Å². The molecule has 1 rings (SSSR count). The standard InChI is InChI=1S/C9H11N3.ClH/c1-2-9(11)8-3-7(4-10)5-12-6-8;/h3,5-6,9H,2,11H2,1H3;1H. The molecule has 4 heteroatoms. The third-order valence-corrected chi connectivity index (χ3v) is 1.76. The SMILES string of the molecule is CCC(N)c1cncc(C#N)c1.Cl. The van der Waals surface area contributed by atoms with E-state index in [-0.39, 0.29) is 18.4 Å². The Bertz CT molecular complexity index is 306. The van der Waals surface area contributed by atoms with Gasteiger partial charge in [0.05, 0.1) is 5.56 Å². The molecule has 0 aliphatic carbocycles. The van der Waals surface area contributed by atoms with E-state index in [1.165, 1.54) is 6.20 Å². The van der Waals surface area contributed by atoms with Gasteiger partial charge in [-0.05, 0) is 18.1 Å². The number of hydrogen-bond acceptors (Lipinski definition) is 3. The summed E-state index contributed by atoms with van der Waals surface area (Å²) in [5, 5.41) is 8.59. The fraction of sp³-hybridized carbons (Fsp3) is 0.333. The minimum atomic E-state index is -0.00852. The van der Waals surface area contributed by atoms with Gasteiger partial charge in [-0.3, -0.25) is 4.98 Å². The number of nitriles is 1. The van der Waals surface area contributed by atoms with Crippen LogP contribution in [0.4, 0.5) is 0 Å². The van der Waals surface area contributed by atoms with Crippen molar-refractivity contribution >= 4 is 12.4 Å². The van der Waals surface area contributed by atoms with Crippen LogP contribution in [0.2, 0.25) is 0 Å². The van der Waals surface area contributed by atoms with E-state index < -0.39 is 0 Å². The Morgan fingerprint density at radius 1 is 1.62 bits per heavy atom. The summed E-state index contributed by atoms with van der Waals surface area (Å²) in [5.41, 5.74) is 7.26. The molecule has 1 aromatic rings. The van der Waals surface area contributed by atoms with Crippen LogP contribution in [0.15, 0.2) is 18.5 Å². The number of aromatic nitrogens is 1. The van der Waals surface area contributed by atoms with E-state index in [1.807, 2.05) is 13.0 Å². The van der Waals surface area contributed by atoms with Crippen molar-refractivity contribution in [3.05, 3.63) is 29.6 Å². The number of halogens is 1. The van der Waals surface area contributed by atoms with Crippen LogP contribution in [0.25, 0.3) is 0 Å². The zero-order chi connectivity index (χ0) is 8.97. The number of nitrogens with zero attached hydrogens (tertiary/aromatic N) is 2. The average molecular weight is 198 g/mol. The molecular formula is C9H12ClN3. The molecule has 1 heterocycles. The highest BCUT2D eigenvalue weighted by molar-refractivity contribution is 5.85. The van der Waals surface area contributed by atoms with Gasteiger partial charge in [0.2, 0.25) is 0 Å². The maximum absolute atomic E-state index is 8.59. The second-order valence-electron chi connectivity index (χ2n) is 2.63. The van der Waals surface area contributed by atoms with Crippen molar-refractivity contribution in [3.8, 4) is 6.07 Å². The predicted octanol–water partition coefficient (Wildman–Crippen LogP) is 1.78. The third kappa shape index (κ3) is 3.02. The monoisotopic (exact) mass is 197 g/mol. The molecule has 0 spiro atoms. The molecular weight excluding hydrogens is 186 g/mol. The molecule has 0 aliphatic rings. The molecule has 0 fully saturated rings. The molecule has 1 atom stereocenters. The fourth-order valence-electron chi connectivity index (χ4n) is 0.957. The summed E-state index contributed by atoms with van der Waals surface area (Å²) in [7, 11) is 0. The molecule has 0 bridgehead atoms. The normalized spacial score (nSPS) is 11.2. The lowest BCUT2D eigenvalue weighted by atomic mass is 10.1. The van der Waals surface area contributed by atoms with Gasteiger partial charge < -0.3 is 5.73 Å². The molecule has 0 saturated carbocycles. The van der Waals surface area contributed by atoms with E-state index in [0.717, 1.165) is 12.0 Å². The first-order chi connectivity index (χ1) is 5.77. The van der Waals surface area contributed by atoms with E-state index in [1.54, 1.807) is 12.3 Å². The maximum atomic E-state index is 8.59. The largest absolute Gasteiger partial charge is 0.324 e. The van der Waals surface area contributed by atoms with Crippen LogP contribution in [0, 0.1) is 11.3 Å². The van der Waals surface area contributed by atoms with Gasteiger partial charge in [0.1, 0.15) is 6.07 Å². The highest BCUT2D eigenvalue weighted by Gasteiger charge is 2.03. The summed E-state index contributed by atoms with van der Waals surface area (Å²) >= 11 is 0. The Balaban J connectivity index is 0.00000144. The summed E-state index contributed by atoms with van der Waals surface area (Å²) < 4.78 is 0.